The van der Waals surface area contributed by atoms with Gasteiger partial charge in [0.1, 0.15) is 17.3 Å². The maximum absolute atomic E-state index is 14.4. The first-order valence-corrected chi connectivity index (χ1v) is 17.4. The lowest BCUT2D eigenvalue weighted by Gasteiger charge is -2.36. The molecule has 3 aromatic carbocycles. The molecule has 3 amide bonds. The molecule has 0 saturated carbocycles. The van der Waals surface area contributed by atoms with Crippen molar-refractivity contribution in [3.8, 4) is 5.75 Å². The van der Waals surface area contributed by atoms with Gasteiger partial charge in [-0.25, -0.2) is 4.79 Å². The zero-order chi connectivity index (χ0) is 35.2. The number of nitrogens with zero attached hydrogens (tertiary/aromatic N) is 1. The van der Waals surface area contributed by atoms with Gasteiger partial charge in [0.05, 0.1) is 25.9 Å². The number of carbonyl (C=O) groups excluding carboxylic acids is 3. The van der Waals surface area contributed by atoms with Crippen LogP contribution >= 0.6 is 0 Å². The van der Waals surface area contributed by atoms with Gasteiger partial charge >= 0.3 is 6.09 Å². The van der Waals surface area contributed by atoms with E-state index in [1.807, 2.05) is 98.8 Å². The largest absolute Gasteiger partial charge is 0.497 e. The Morgan fingerprint density at radius 3 is 2.29 bits per heavy atom. The summed E-state index contributed by atoms with van der Waals surface area (Å²) in [6.07, 6.45) is 0.784. The molecule has 3 aromatic rings. The van der Waals surface area contributed by atoms with Gasteiger partial charge in [-0.05, 0) is 67.3 Å². The van der Waals surface area contributed by atoms with E-state index in [4.69, 9.17) is 9.47 Å². The third-order valence-electron chi connectivity index (χ3n) is 9.58. The SMILES string of the molecule is CCOC(=O)N[C@]1([C@@H](C)CC)CCN([C@@H](CCc2ccccc2)C(=O)N[C@@H](Cc2ccccc2)C(O)CNCc2cccc(OC)c2)C1=O. The first-order valence-electron chi connectivity index (χ1n) is 17.4. The number of alkyl carbamates (subject to hydrolysis) is 1. The molecule has 0 radical (unpaired) electrons. The van der Waals surface area contributed by atoms with Gasteiger partial charge in [-0.2, -0.15) is 0 Å². The highest BCUT2D eigenvalue weighted by molar-refractivity contribution is 5.96. The number of benzene rings is 3. The van der Waals surface area contributed by atoms with Gasteiger partial charge in [0.2, 0.25) is 11.8 Å². The summed E-state index contributed by atoms with van der Waals surface area (Å²) in [4.78, 5) is 43.0. The molecule has 0 bridgehead atoms. The molecule has 4 rings (SSSR count). The van der Waals surface area contributed by atoms with E-state index in [-0.39, 0.29) is 30.9 Å². The zero-order valence-electron chi connectivity index (χ0n) is 29.2. The van der Waals surface area contributed by atoms with Crippen LogP contribution in [0.4, 0.5) is 4.79 Å². The van der Waals surface area contributed by atoms with Crippen LogP contribution in [-0.4, -0.2) is 78.4 Å². The van der Waals surface area contributed by atoms with Crippen molar-refractivity contribution < 1.29 is 29.0 Å². The normalized spacial score (nSPS) is 18.3. The lowest BCUT2D eigenvalue weighted by Crippen LogP contribution is -2.61. The van der Waals surface area contributed by atoms with Crippen molar-refractivity contribution in [3.05, 3.63) is 102 Å². The second kappa shape index (κ2) is 18.4. The topological polar surface area (TPSA) is 129 Å². The number of aliphatic hydroxyl groups excluding tert-OH is 1. The number of amides is 3. The second-order valence-electron chi connectivity index (χ2n) is 12.8. The van der Waals surface area contributed by atoms with Crippen LogP contribution in [0.5, 0.6) is 5.75 Å². The highest BCUT2D eigenvalue weighted by atomic mass is 16.5. The number of nitrogens with one attached hydrogen (secondary N) is 3. The van der Waals surface area contributed by atoms with Crippen LogP contribution in [-0.2, 0) is 33.7 Å². The minimum Gasteiger partial charge on any atom is -0.497 e. The number of rotatable bonds is 18. The molecule has 5 atom stereocenters. The van der Waals surface area contributed by atoms with Crippen molar-refractivity contribution in [3.63, 3.8) is 0 Å². The molecule has 1 aliphatic rings. The molecule has 0 aliphatic carbocycles. The van der Waals surface area contributed by atoms with Gasteiger partial charge in [0.25, 0.3) is 0 Å². The van der Waals surface area contributed by atoms with Gasteiger partial charge in [-0.15, -0.1) is 0 Å². The zero-order valence-corrected chi connectivity index (χ0v) is 29.2. The molecule has 1 aliphatic heterocycles. The first-order chi connectivity index (χ1) is 23.7. The summed E-state index contributed by atoms with van der Waals surface area (Å²) in [6, 6.07) is 25.8. The number of hydrogen-bond donors (Lipinski definition) is 4. The van der Waals surface area contributed by atoms with E-state index in [1.54, 1.807) is 18.9 Å². The molecule has 4 N–H and O–H groups in total. The quantitative estimate of drug-likeness (QED) is 0.155. The molecule has 49 heavy (non-hydrogen) atoms. The Morgan fingerprint density at radius 1 is 0.959 bits per heavy atom. The summed E-state index contributed by atoms with van der Waals surface area (Å²) in [5.41, 5.74) is 1.84. The van der Waals surface area contributed by atoms with Crippen LogP contribution in [0.3, 0.4) is 0 Å². The van der Waals surface area contributed by atoms with E-state index in [0.29, 0.717) is 45.2 Å². The Balaban J connectivity index is 1.57. The molecule has 1 fully saturated rings. The molecule has 1 heterocycles. The monoisotopic (exact) mass is 672 g/mol. The molecular weight excluding hydrogens is 620 g/mol. The third kappa shape index (κ3) is 10.1. The lowest BCUT2D eigenvalue weighted by molar-refractivity contribution is -0.142. The molecule has 0 aromatic heterocycles. The van der Waals surface area contributed by atoms with Crippen LogP contribution in [0, 0.1) is 5.92 Å². The molecule has 1 unspecified atom stereocenters. The van der Waals surface area contributed by atoms with Gasteiger partial charge in [-0.3, -0.25) is 9.59 Å². The van der Waals surface area contributed by atoms with E-state index in [1.165, 1.54) is 0 Å². The molecule has 10 nitrogen and oxygen atoms in total. The van der Waals surface area contributed by atoms with Crippen molar-refractivity contribution >= 4 is 17.9 Å². The smallest absolute Gasteiger partial charge is 0.407 e. The van der Waals surface area contributed by atoms with E-state index >= 15 is 0 Å². The number of carbonyl (C=O) groups is 3. The molecule has 0 spiro atoms. The second-order valence-corrected chi connectivity index (χ2v) is 12.8. The number of aryl methyl sites for hydroxylation is 1. The Morgan fingerprint density at radius 2 is 1.63 bits per heavy atom. The predicted molar refractivity (Wildman–Crippen MR) is 190 cm³/mol. The van der Waals surface area contributed by atoms with Crippen molar-refractivity contribution in [1.82, 2.24) is 20.9 Å². The van der Waals surface area contributed by atoms with E-state index in [9.17, 15) is 19.5 Å². The summed E-state index contributed by atoms with van der Waals surface area (Å²) >= 11 is 0. The Labute approximate surface area is 290 Å². The summed E-state index contributed by atoms with van der Waals surface area (Å²) in [6.45, 7) is 6.86. The molecule has 10 heteroatoms. The van der Waals surface area contributed by atoms with Crippen molar-refractivity contribution in [1.29, 1.82) is 0 Å². The summed E-state index contributed by atoms with van der Waals surface area (Å²) < 4.78 is 10.5. The fourth-order valence-corrected chi connectivity index (χ4v) is 6.55. The summed E-state index contributed by atoms with van der Waals surface area (Å²) in [7, 11) is 1.62. The van der Waals surface area contributed by atoms with E-state index < -0.39 is 29.8 Å². The van der Waals surface area contributed by atoms with Crippen molar-refractivity contribution in [2.75, 3.05) is 26.8 Å². The number of ether oxygens (including phenoxy) is 2. The van der Waals surface area contributed by atoms with Crippen LogP contribution in [0.25, 0.3) is 0 Å². The Hall–Kier alpha value is -4.41. The lowest BCUT2D eigenvalue weighted by atomic mass is 9.82. The standard InChI is InChI=1S/C39H52N4O6/c1-5-28(3)39(42-38(47)49-6-2)22-23-43(37(39)46)34(21-20-29-14-9-7-10-15-29)36(45)41-33(25-30-16-11-8-12-17-30)35(44)27-40-26-31-18-13-19-32(24-31)48-4/h7-19,24,28,33-35,40,44H,5-6,20-23,25-27H2,1-4H3,(H,41,45)(H,42,47)/t28-,33-,34-,35?,39-/m0/s1. The molecule has 1 saturated heterocycles. The van der Waals surface area contributed by atoms with Crippen LogP contribution in [0.2, 0.25) is 0 Å². The van der Waals surface area contributed by atoms with Crippen LogP contribution in [0.1, 0.15) is 56.7 Å². The van der Waals surface area contributed by atoms with Crippen LogP contribution in [0.15, 0.2) is 84.9 Å². The van der Waals surface area contributed by atoms with Gasteiger partial charge in [-0.1, -0.05) is 93.1 Å². The molecule has 264 valence electrons. The van der Waals surface area contributed by atoms with Gasteiger partial charge in [0.15, 0.2) is 0 Å². The summed E-state index contributed by atoms with van der Waals surface area (Å²) in [5, 5.41) is 20.8. The van der Waals surface area contributed by atoms with E-state index in [0.717, 1.165) is 22.4 Å². The fraction of sp³-hybridized carbons (Fsp3) is 0.462. The maximum atomic E-state index is 14.4. The third-order valence-corrected chi connectivity index (χ3v) is 9.58. The average molecular weight is 673 g/mol. The summed E-state index contributed by atoms with van der Waals surface area (Å²) in [5.74, 6) is -0.0613. The van der Waals surface area contributed by atoms with Crippen molar-refractivity contribution in [2.45, 2.75) is 83.1 Å². The van der Waals surface area contributed by atoms with Crippen molar-refractivity contribution in [2.24, 2.45) is 5.92 Å². The average Bonchev–Trinajstić information content (AvgIpc) is 3.44. The number of methoxy groups -OCH3 is 1. The molecular formula is C39H52N4O6. The minimum absolute atomic E-state index is 0.182. The highest BCUT2D eigenvalue weighted by Crippen LogP contribution is 2.35. The number of hydrogen-bond acceptors (Lipinski definition) is 7. The minimum atomic E-state index is -1.18. The maximum Gasteiger partial charge on any atom is 0.407 e. The Bertz CT molecular complexity index is 1490. The van der Waals surface area contributed by atoms with Gasteiger partial charge < -0.3 is 35.4 Å². The highest BCUT2D eigenvalue weighted by Gasteiger charge is 2.53. The number of aliphatic hydroxyl groups is 1. The predicted octanol–water partition coefficient (Wildman–Crippen LogP) is 4.64. The Kier molecular flexibility index (Phi) is 14.0. The number of likely N-dealkylation sites (tertiary alicyclic amines) is 1. The van der Waals surface area contributed by atoms with Gasteiger partial charge in [0, 0.05) is 19.6 Å². The fourth-order valence-electron chi connectivity index (χ4n) is 6.55. The first kappa shape index (κ1) is 37.4. The van der Waals surface area contributed by atoms with E-state index in [2.05, 4.69) is 16.0 Å². The van der Waals surface area contributed by atoms with Crippen LogP contribution < -0.4 is 20.7 Å².